The predicted octanol–water partition coefficient (Wildman–Crippen LogP) is 3.62. The van der Waals surface area contributed by atoms with E-state index in [9.17, 15) is 14.4 Å². The Morgan fingerprint density at radius 3 is 2.68 bits per heavy atom. The average molecular weight is 457 g/mol. The van der Waals surface area contributed by atoms with Crippen molar-refractivity contribution >= 4 is 45.3 Å². The highest BCUT2D eigenvalue weighted by molar-refractivity contribution is 8.00. The van der Waals surface area contributed by atoms with Gasteiger partial charge in [0.25, 0.3) is 5.56 Å². The summed E-state index contributed by atoms with van der Waals surface area (Å²) < 4.78 is 1.59. The van der Waals surface area contributed by atoms with Crippen LogP contribution in [-0.2, 0) is 17.6 Å². The number of hydrogen-bond donors (Lipinski definition) is 2. The van der Waals surface area contributed by atoms with Crippen LogP contribution in [0.1, 0.15) is 41.3 Å². The number of primary amides is 1. The number of imide groups is 1. The van der Waals surface area contributed by atoms with E-state index < -0.39 is 17.2 Å². The summed E-state index contributed by atoms with van der Waals surface area (Å²) in [6, 6.07) is 4.93. The topological polar surface area (TPSA) is 107 Å². The third-order valence-electron chi connectivity index (χ3n) is 5.60. The molecule has 1 aromatic carbocycles. The second kappa shape index (κ2) is 8.47. The van der Waals surface area contributed by atoms with Crippen molar-refractivity contribution in [2.45, 2.75) is 56.9 Å². The van der Waals surface area contributed by atoms with Crippen molar-refractivity contribution in [2.75, 3.05) is 0 Å². The zero-order chi connectivity index (χ0) is 22.3. The van der Waals surface area contributed by atoms with Gasteiger partial charge in [0, 0.05) is 4.88 Å². The number of thioether (sulfide) groups is 1. The summed E-state index contributed by atoms with van der Waals surface area (Å²) in [7, 11) is 0. The van der Waals surface area contributed by atoms with Crippen LogP contribution < -0.4 is 16.6 Å². The number of amides is 3. The van der Waals surface area contributed by atoms with E-state index in [2.05, 4.69) is 5.32 Å². The van der Waals surface area contributed by atoms with Crippen LogP contribution in [0.4, 0.5) is 4.79 Å². The van der Waals surface area contributed by atoms with Gasteiger partial charge in [-0.3, -0.25) is 19.5 Å². The van der Waals surface area contributed by atoms with Crippen LogP contribution in [0.5, 0.6) is 0 Å². The number of benzene rings is 1. The molecule has 0 aliphatic heterocycles. The zero-order valence-electron chi connectivity index (χ0n) is 17.7. The molecule has 3 amide bonds. The number of aromatic nitrogens is 2. The molecule has 0 bridgehead atoms. The summed E-state index contributed by atoms with van der Waals surface area (Å²) in [6.45, 7) is 5.67. The molecule has 2 heterocycles. The highest BCUT2D eigenvalue weighted by Gasteiger charge is 2.25. The van der Waals surface area contributed by atoms with Gasteiger partial charge in [-0.25, -0.2) is 9.78 Å². The molecule has 3 N–H and O–H groups in total. The first-order chi connectivity index (χ1) is 14.8. The Kier molecular flexibility index (Phi) is 5.90. The normalized spacial score (nSPS) is 14.3. The lowest BCUT2D eigenvalue weighted by atomic mass is 9.97. The van der Waals surface area contributed by atoms with Gasteiger partial charge < -0.3 is 5.73 Å². The largest absolute Gasteiger partial charge is 0.351 e. The van der Waals surface area contributed by atoms with Crippen LogP contribution in [0.2, 0.25) is 0 Å². The first-order valence-corrected chi connectivity index (χ1v) is 11.9. The van der Waals surface area contributed by atoms with Gasteiger partial charge in [-0.05, 0) is 75.3 Å². The highest BCUT2D eigenvalue weighted by atomic mass is 32.2. The lowest BCUT2D eigenvalue weighted by Gasteiger charge is -2.16. The minimum Gasteiger partial charge on any atom is -0.351 e. The van der Waals surface area contributed by atoms with Crippen molar-refractivity contribution in [1.82, 2.24) is 14.9 Å². The number of aryl methyl sites for hydroxylation is 4. The molecule has 0 saturated carbocycles. The number of carbonyl (C=O) groups is 2. The lowest BCUT2D eigenvalue weighted by Crippen LogP contribution is -2.39. The fourth-order valence-electron chi connectivity index (χ4n) is 3.79. The van der Waals surface area contributed by atoms with Crippen LogP contribution in [0, 0.1) is 13.8 Å². The molecule has 2 aromatic heterocycles. The molecule has 0 fully saturated rings. The van der Waals surface area contributed by atoms with E-state index >= 15 is 0 Å². The molecule has 0 radical (unpaired) electrons. The molecule has 9 heteroatoms. The Balaban J connectivity index is 1.90. The lowest BCUT2D eigenvalue weighted by molar-refractivity contribution is -0.119. The molecule has 3 aromatic rings. The minimum atomic E-state index is -0.904. The molecule has 7 nitrogen and oxygen atoms in total. The van der Waals surface area contributed by atoms with E-state index in [1.54, 1.807) is 22.8 Å². The number of nitrogens with one attached hydrogen (secondary N) is 1. The first kappa shape index (κ1) is 21.6. The van der Waals surface area contributed by atoms with Crippen molar-refractivity contribution in [3.8, 4) is 5.69 Å². The Morgan fingerprint density at radius 1 is 1.23 bits per heavy atom. The number of carbonyl (C=O) groups excluding carboxylic acids is 2. The van der Waals surface area contributed by atoms with Crippen molar-refractivity contribution in [2.24, 2.45) is 5.73 Å². The predicted molar refractivity (Wildman–Crippen MR) is 124 cm³/mol. The molecule has 0 saturated heterocycles. The summed E-state index contributed by atoms with van der Waals surface area (Å²) in [4.78, 5) is 43.9. The van der Waals surface area contributed by atoms with E-state index in [4.69, 9.17) is 10.7 Å². The zero-order valence-corrected chi connectivity index (χ0v) is 19.3. The molecule has 0 spiro atoms. The summed E-state index contributed by atoms with van der Waals surface area (Å²) >= 11 is 2.71. The van der Waals surface area contributed by atoms with E-state index in [0.717, 1.165) is 54.1 Å². The van der Waals surface area contributed by atoms with E-state index in [1.807, 2.05) is 32.0 Å². The average Bonchev–Trinajstić information content (AvgIpc) is 3.08. The number of urea groups is 1. The van der Waals surface area contributed by atoms with Gasteiger partial charge in [0.2, 0.25) is 5.91 Å². The number of hydrogen-bond acceptors (Lipinski definition) is 6. The van der Waals surface area contributed by atoms with Gasteiger partial charge in [-0.15, -0.1) is 11.3 Å². The summed E-state index contributed by atoms with van der Waals surface area (Å²) in [5.74, 6) is -0.524. The van der Waals surface area contributed by atoms with E-state index in [-0.39, 0.29) is 5.56 Å². The van der Waals surface area contributed by atoms with Crippen LogP contribution in [0.3, 0.4) is 0 Å². The molecule has 162 valence electrons. The van der Waals surface area contributed by atoms with E-state index in [1.165, 1.54) is 4.88 Å². The van der Waals surface area contributed by atoms with Crippen molar-refractivity contribution in [1.29, 1.82) is 0 Å². The van der Waals surface area contributed by atoms with Crippen molar-refractivity contribution in [3.63, 3.8) is 0 Å². The number of fused-ring (bicyclic) bond motifs is 3. The minimum absolute atomic E-state index is 0.113. The molecule has 1 aliphatic carbocycles. The Labute approximate surface area is 188 Å². The smallest absolute Gasteiger partial charge is 0.318 e. The summed E-state index contributed by atoms with van der Waals surface area (Å²) in [5.41, 5.74) is 8.99. The van der Waals surface area contributed by atoms with Gasteiger partial charge in [0.05, 0.1) is 16.3 Å². The number of thiophene rings is 1. The van der Waals surface area contributed by atoms with Crippen LogP contribution in [0.25, 0.3) is 15.9 Å². The molecule has 1 atom stereocenters. The van der Waals surface area contributed by atoms with Crippen LogP contribution in [0.15, 0.2) is 28.2 Å². The third-order valence-corrected chi connectivity index (χ3v) is 7.84. The maximum atomic E-state index is 13.7. The van der Waals surface area contributed by atoms with E-state index in [0.29, 0.717) is 21.1 Å². The first-order valence-electron chi connectivity index (χ1n) is 10.2. The van der Waals surface area contributed by atoms with Crippen molar-refractivity contribution < 1.29 is 9.59 Å². The fraction of sp³-hybridized carbons (Fsp3) is 0.364. The SMILES string of the molecule is Cc1ccc(-n2c(SC(C)C(=O)NC(N)=O)nc3sc4c(c3c2=O)CCCC4)cc1C. The van der Waals surface area contributed by atoms with Crippen LogP contribution in [-0.4, -0.2) is 26.7 Å². The number of rotatable bonds is 4. The van der Waals surface area contributed by atoms with Gasteiger partial charge in [-0.1, -0.05) is 17.8 Å². The van der Waals surface area contributed by atoms with Crippen LogP contribution >= 0.6 is 23.1 Å². The Hall–Kier alpha value is -2.65. The summed E-state index contributed by atoms with van der Waals surface area (Å²) in [5, 5.41) is 2.55. The molecule has 1 aliphatic rings. The Bertz CT molecular complexity index is 1260. The van der Waals surface area contributed by atoms with Gasteiger partial charge in [0.1, 0.15) is 4.83 Å². The van der Waals surface area contributed by atoms with Gasteiger partial charge in [0.15, 0.2) is 5.16 Å². The van der Waals surface area contributed by atoms with Gasteiger partial charge >= 0.3 is 6.03 Å². The molecule has 1 unspecified atom stereocenters. The second-order valence-electron chi connectivity index (χ2n) is 7.81. The standard InChI is InChI=1S/C22H24N4O3S2/c1-11-8-9-14(10-12(11)2)26-20(28)17-15-6-4-5-7-16(15)31-19(17)25-22(26)30-13(3)18(27)24-21(23)29/h8-10,13H,4-7H2,1-3H3,(H3,23,24,27,29). The molecule has 4 rings (SSSR count). The number of nitrogens with two attached hydrogens (primary N) is 1. The maximum Gasteiger partial charge on any atom is 0.318 e. The quantitative estimate of drug-likeness (QED) is 0.461. The highest BCUT2D eigenvalue weighted by Crippen LogP contribution is 2.36. The summed E-state index contributed by atoms with van der Waals surface area (Å²) in [6.07, 6.45) is 4.06. The molecule has 31 heavy (non-hydrogen) atoms. The fourth-order valence-corrected chi connectivity index (χ4v) is 6.02. The molecular formula is C22H24N4O3S2. The van der Waals surface area contributed by atoms with Gasteiger partial charge in [-0.2, -0.15) is 0 Å². The monoisotopic (exact) mass is 456 g/mol. The van der Waals surface area contributed by atoms with Crippen molar-refractivity contribution in [3.05, 3.63) is 50.1 Å². The maximum absolute atomic E-state index is 13.7. The molecular weight excluding hydrogens is 432 g/mol. The second-order valence-corrected chi connectivity index (χ2v) is 10.2. The number of nitrogens with zero attached hydrogens (tertiary/aromatic N) is 2. The Morgan fingerprint density at radius 2 is 1.97 bits per heavy atom. The third kappa shape index (κ3) is 4.12.